The summed E-state index contributed by atoms with van der Waals surface area (Å²) in [5, 5.41) is 1.31. The number of nitrogens with one attached hydrogen (secondary N) is 1. The lowest BCUT2D eigenvalue weighted by atomic mass is 9.97. The van der Waals surface area contributed by atoms with Crippen LogP contribution in [0.4, 0.5) is 4.39 Å². The number of pyridine rings is 1. The first-order chi connectivity index (χ1) is 13.6. The number of fused-ring (bicyclic) bond motifs is 3. The summed E-state index contributed by atoms with van der Waals surface area (Å²) >= 11 is 0. The van der Waals surface area contributed by atoms with E-state index in [0.717, 1.165) is 29.5 Å². The zero-order valence-electron chi connectivity index (χ0n) is 16.8. The van der Waals surface area contributed by atoms with E-state index in [9.17, 15) is 17.6 Å². The number of esters is 1. The highest BCUT2D eigenvalue weighted by atomic mass is 32.2. The van der Waals surface area contributed by atoms with Gasteiger partial charge in [0, 0.05) is 35.1 Å². The number of halogens is 1. The zero-order valence-corrected chi connectivity index (χ0v) is 17.6. The van der Waals surface area contributed by atoms with Crippen LogP contribution >= 0.6 is 0 Å². The van der Waals surface area contributed by atoms with Gasteiger partial charge in [0.1, 0.15) is 5.67 Å². The van der Waals surface area contributed by atoms with E-state index in [0.29, 0.717) is 29.7 Å². The summed E-state index contributed by atoms with van der Waals surface area (Å²) in [4.78, 5) is 16.8. The largest absolute Gasteiger partial charge is 0.469 e. The molecule has 29 heavy (non-hydrogen) atoms. The lowest BCUT2D eigenvalue weighted by Gasteiger charge is -2.18. The van der Waals surface area contributed by atoms with E-state index < -0.39 is 21.6 Å². The molecule has 1 fully saturated rings. The van der Waals surface area contributed by atoms with Crippen LogP contribution < -0.4 is 4.72 Å². The molecule has 0 amide bonds. The minimum atomic E-state index is -3.99. The van der Waals surface area contributed by atoms with Crippen LogP contribution in [-0.4, -0.2) is 38.7 Å². The van der Waals surface area contributed by atoms with Crippen molar-refractivity contribution in [3.63, 3.8) is 0 Å². The number of benzene rings is 1. The first-order valence-electron chi connectivity index (χ1n) is 9.82. The van der Waals surface area contributed by atoms with Crippen LogP contribution in [0, 0.1) is 0 Å². The number of nitrogens with zero attached hydrogens (tertiary/aromatic N) is 1. The quantitative estimate of drug-likeness (QED) is 0.725. The molecule has 2 aromatic rings. The molecule has 8 heteroatoms. The van der Waals surface area contributed by atoms with Gasteiger partial charge in [-0.2, -0.15) is 0 Å². The molecule has 1 heterocycles. The standard InChI is InChI=1S/C21H25FN2O4S/c1-21(2,22)11-24-29(26,27)19-9-15-13(6-7-14(15)20(25)28-3)17-10-23-18(8-16(17)19)12-4-5-12/h8-10,12,14,24H,4-7,11H2,1-3H3. The number of hydrogen-bond acceptors (Lipinski definition) is 5. The van der Waals surface area contributed by atoms with Gasteiger partial charge in [0.05, 0.1) is 17.9 Å². The van der Waals surface area contributed by atoms with E-state index in [1.165, 1.54) is 21.0 Å². The van der Waals surface area contributed by atoms with Crippen molar-refractivity contribution in [1.29, 1.82) is 0 Å². The third-order valence-electron chi connectivity index (χ3n) is 5.66. The van der Waals surface area contributed by atoms with Gasteiger partial charge in [-0.15, -0.1) is 0 Å². The van der Waals surface area contributed by atoms with Gasteiger partial charge < -0.3 is 4.74 Å². The molecule has 1 atom stereocenters. The number of aryl methyl sites for hydroxylation is 1. The summed E-state index contributed by atoms with van der Waals surface area (Å²) in [5.74, 6) is -0.523. The van der Waals surface area contributed by atoms with Gasteiger partial charge >= 0.3 is 5.97 Å². The molecule has 1 aromatic carbocycles. The number of carbonyl (C=O) groups is 1. The highest BCUT2D eigenvalue weighted by molar-refractivity contribution is 7.89. The molecular weight excluding hydrogens is 395 g/mol. The highest BCUT2D eigenvalue weighted by Crippen LogP contribution is 2.44. The molecular formula is C21H25FN2O4S. The topological polar surface area (TPSA) is 85.4 Å². The molecule has 0 radical (unpaired) electrons. The van der Waals surface area contributed by atoms with Crippen LogP contribution in [0.1, 0.15) is 61.8 Å². The Morgan fingerprint density at radius 3 is 2.62 bits per heavy atom. The second-order valence-electron chi connectivity index (χ2n) is 8.53. The molecule has 0 aliphatic heterocycles. The SMILES string of the molecule is COC(=O)C1CCc2c1cc(S(=O)(=O)NCC(C)(C)F)c1cc(C3CC3)ncc21. The number of rotatable bonds is 6. The van der Waals surface area contributed by atoms with E-state index in [-0.39, 0.29) is 17.4 Å². The minimum absolute atomic E-state index is 0.0654. The predicted molar refractivity (Wildman–Crippen MR) is 107 cm³/mol. The number of carbonyl (C=O) groups excluding carboxylic acids is 1. The van der Waals surface area contributed by atoms with E-state index in [1.807, 2.05) is 6.07 Å². The van der Waals surface area contributed by atoms with Crippen LogP contribution in [0.3, 0.4) is 0 Å². The summed E-state index contributed by atoms with van der Waals surface area (Å²) in [6.45, 7) is 2.30. The average Bonchev–Trinajstić information content (AvgIpc) is 3.43. The maximum absolute atomic E-state index is 14.0. The lowest BCUT2D eigenvalue weighted by Crippen LogP contribution is -2.35. The van der Waals surface area contributed by atoms with E-state index in [2.05, 4.69) is 9.71 Å². The van der Waals surface area contributed by atoms with Gasteiger partial charge in [-0.3, -0.25) is 9.78 Å². The molecule has 156 valence electrons. The third-order valence-corrected chi connectivity index (χ3v) is 7.10. The van der Waals surface area contributed by atoms with Crippen molar-refractivity contribution in [2.24, 2.45) is 0 Å². The van der Waals surface area contributed by atoms with Crippen molar-refractivity contribution in [3.8, 4) is 0 Å². The molecule has 0 spiro atoms. The van der Waals surface area contributed by atoms with Crippen molar-refractivity contribution < 1.29 is 22.3 Å². The van der Waals surface area contributed by atoms with Gasteiger partial charge in [0.15, 0.2) is 0 Å². The molecule has 1 aromatic heterocycles. The number of aromatic nitrogens is 1. The number of ether oxygens (including phenoxy) is 1. The molecule has 1 saturated carbocycles. The van der Waals surface area contributed by atoms with E-state index in [4.69, 9.17) is 4.74 Å². The molecule has 1 N–H and O–H groups in total. The second kappa shape index (κ2) is 7.02. The van der Waals surface area contributed by atoms with E-state index in [1.54, 1.807) is 12.3 Å². The smallest absolute Gasteiger partial charge is 0.313 e. The van der Waals surface area contributed by atoms with Gasteiger partial charge in [-0.25, -0.2) is 17.5 Å². The van der Waals surface area contributed by atoms with Gasteiger partial charge in [0.2, 0.25) is 10.0 Å². The Morgan fingerprint density at radius 1 is 1.28 bits per heavy atom. The Kier molecular flexibility index (Phi) is 4.90. The van der Waals surface area contributed by atoms with Crippen molar-refractivity contribution in [1.82, 2.24) is 9.71 Å². The number of methoxy groups -OCH3 is 1. The fraction of sp³-hybridized carbons (Fsp3) is 0.524. The summed E-state index contributed by atoms with van der Waals surface area (Å²) < 4.78 is 47.5. The number of alkyl halides is 1. The van der Waals surface area contributed by atoms with Gasteiger partial charge in [-0.1, -0.05) is 0 Å². The van der Waals surface area contributed by atoms with Crippen molar-refractivity contribution in [3.05, 3.63) is 35.2 Å². The molecule has 0 bridgehead atoms. The first-order valence-corrected chi connectivity index (χ1v) is 11.3. The lowest BCUT2D eigenvalue weighted by molar-refractivity contribution is -0.142. The Morgan fingerprint density at radius 2 is 2.00 bits per heavy atom. The first kappa shape index (κ1) is 20.2. The Balaban J connectivity index is 1.90. The molecule has 2 aliphatic carbocycles. The van der Waals surface area contributed by atoms with Gasteiger partial charge in [-0.05, 0) is 62.8 Å². The van der Waals surface area contributed by atoms with Crippen molar-refractivity contribution in [2.75, 3.05) is 13.7 Å². The molecule has 1 unspecified atom stereocenters. The number of hydrogen-bond donors (Lipinski definition) is 1. The number of sulfonamides is 1. The molecule has 0 saturated heterocycles. The zero-order chi connectivity index (χ0) is 21.0. The second-order valence-corrected chi connectivity index (χ2v) is 10.3. The van der Waals surface area contributed by atoms with Crippen LogP contribution in [0.15, 0.2) is 23.2 Å². The summed E-state index contributed by atoms with van der Waals surface area (Å²) in [7, 11) is -2.66. The van der Waals surface area contributed by atoms with Crippen molar-refractivity contribution >= 4 is 26.8 Å². The van der Waals surface area contributed by atoms with Crippen LogP contribution in [-0.2, 0) is 26.0 Å². The Labute approximate surface area is 169 Å². The normalized spacial score (nSPS) is 19.4. The van der Waals surface area contributed by atoms with Crippen LogP contribution in [0.2, 0.25) is 0 Å². The summed E-state index contributed by atoms with van der Waals surface area (Å²) in [6.07, 6.45) is 5.03. The maximum atomic E-state index is 14.0. The fourth-order valence-electron chi connectivity index (χ4n) is 3.97. The summed E-state index contributed by atoms with van der Waals surface area (Å²) in [5.41, 5.74) is 0.789. The summed E-state index contributed by atoms with van der Waals surface area (Å²) in [6, 6.07) is 3.41. The maximum Gasteiger partial charge on any atom is 0.313 e. The van der Waals surface area contributed by atoms with Crippen LogP contribution in [0.25, 0.3) is 10.8 Å². The van der Waals surface area contributed by atoms with Gasteiger partial charge in [0.25, 0.3) is 0 Å². The molecule has 4 rings (SSSR count). The third kappa shape index (κ3) is 3.88. The van der Waals surface area contributed by atoms with E-state index >= 15 is 0 Å². The van der Waals surface area contributed by atoms with Crippen LogP contribution in [0.5, 0.6) is 0 Å². The molecule has 2 aliphatic rings. The average molecular weight is 421 g/mol. The highest BCUT2D eigenvalue weighted by Gasteiger charge is 2.35. The predicted octanol–water partition coefficient (Wildman–Crippen LogP) is 3.34. The Bertz CT molecular complexity index is 1090. The minimum Gasteiger partial charge on any atom is -0.469 e. The molecule has 6 nitrogen and oxygen atoms in total. The van der Waals surface area contributed by atoms with Crippen molar-refractivity contribution in [2.45, 2.75) is 61.9 Å². The monoisotopic (exact) mass is 420 g/mol. The Hall–Kier alpha value is -2.06. The fourth-order valence-corrected chi connectivity index (χ4v) is 5.40.